The molecule has 0 heterocycles. The SMILES string of the molecule is N#Cc1ccccc1NC(=O)CC(=O)Nc1ccccc1F. The van der Waals surface area contributed by atoms with Crippen molar-refractivity contribution in [2.45, 2.75) is 6.42 Å². The second-order valence-corrected chi connectivity index (χ2v) is 4.41. The zero-order valence-corrected chi connectivity index (χ0v) is 11.5. The Hall–Kier alpha value is -3.20. The van der Waals surface area contributed by atoms with Crippen LogP contribution in [0.25, 0.3) is 0 Å². The fourth-order valence-corrected chi connectivity index (χ4v) is 1.79. The average molecular weight is 297 g/mol. The van der Waals surface area contributed by atoms with E-state index in [0.29, 0.717) is 11.3 Å². The third-order valence-electron chi connectivity index (χ3n) is 2.79. The zero-order valence-electron chi connectivity index (χ0n) is 11.5. The number of anilines is 2. The van der Waals surface area contributed by atoms with Crippen LogP contribution in [-0.2, 0) is 9.59 Å². The van der Waals surface area contributed by atoms with Crippen LogP contribution in [0.5, 0.6) is 0 Å². The van der Waals surface area contributed by atoms with Crippen molar-refractivity contribution in [2.24, 2.45) is 0 Å². The van der Waals surface area contributed by atoms with E-state index in [9.17, 15) is 14.0 Å². The van der Waals surface area contributed by atoms with Crippen LogP contribution in [0.1, 0.15) is 12.0 Å². The van der Waals surface area contributed by atoms with Crippen LogP contribution in [0.15, 0.2) is 48.5 Å². The van der Waals surface area contributed by atoms with E-state index in [-0.39, 0.29) is 5.69 Å². The smallest absolute Gasteiger partial charge is 0.233 e. The number of amides is 2. The quantitative estimate of drug-likeness (QED) is 0.851. The highest BCUT2D eigenvalue weighted by Crippen LogP contribution is 2.15. The molecule has 0 spiro atoms. The molecule has 2 aromatic rings. The zero-order chi connectivity index (χ0) is 15.9. The van der Waals surface area contributed by atoms with E-state index in [1.165, 1.54) is 18.2 Å². The van der Waals surface area contributed by atoms with Crippen LogP contribution in [0, 0.1) is 17.1 Å². The summed E-state index contributed by atoms with van der Waals surface area (Å²) < 4.78 is 13.4. The largest absolute Gasteiger partial charge is 0.324 e. The highest BCUT2D eigenvalue weighted by atomic mass is 19.1. The van der Waals surface area contributed by atoms with Gasteiger partial charge in [-0.05, 0) is 24.3 Å². The van der Waals surface area contributed by atoms with Crippen molar-refractivity contribution in [1.82, 2.24) is 0 Å². The first-order valence-corrected chi connectivity index (χ1v) is 6.43. The number of hydrogen-bond donors (Lipinski definition) is 2. The van der Waals surface area contributed by atoms with Gasteiger partial charge >= 0.3 is 0 Å². The fraction of sp³-hybridized carbons (Fsp3) is 0.0625. The lowest BCUT2D eigenvalue weighted by molar-refractivity contribution is -0.123. The molecule has 0 atom stereocenters. The van der Waals surface area contributed by atoms with Gasteiger partial charge in [-0.15, -0.1) is 0 Å². The molecule has 0 aliphatic carbocycles. The second kappa shape index (κ2) is 6.99. The summed E-state index contributed by atoms with van der Waals surface area (Å²) in [6.07, 6.45) is -0.478. The van der Waals surface area contributed by atoms with Crippen molar-refractivity contribution in [3.63, 3.8) is 0 Å². The molecule has 0 aromatic heterocycles. The minimum atomic E-state index is -0.642. The lowest BCUT2D eigenvalue weighted by Crippen LogP contribution is -2.22. The maximum absolute atomic E-state index is 13.4. The molecule has 0 radical (unpaired) electrons. The minimum absolute atomic E-state index is 0.0118. The molecule has 6 heteroatoms. The van der Waals surface area contributed by atoms with Gasteiger partial charge in [0.1, 0.15) is 18.3 Å². The molecule has 0 unspecified atom stereocenters. The van der Waals surface area contributed by atoms with Crippen LogP contribution in [0.4, 0.5) is 15.8 Å². The Balaban J connectivity index is 1.96. The van der Waals surface area contributed by atoms with Gasteiger partial charge < -0.3 is 10.6 Å². The molecule has 2 amide bonds. The molecular formula is C16H12FN3O2. The topological polar surface area (TPSA) is 82.0 Å². The van der Waals surface area contributed by atoms with Crippen LogP contribution in [-0.4, -0.2) is 11.8 Å². The Morgan fingerprint density at radius 1 is 0.955 bits per heavy atom. The van der Waals surface area contributed by atoms with Gasteiger partial charge in [0.05, 0.1) is 16.9 Å². The molecule has 2 aromatic carbocycles. The Morgan fingerprint density at radius 2 is 1.50 bits per heavy atom. The maximum atomic E-state index is 13.4. The van der Waals surface area contributed by atoms with E-state index < -0.39 is 24.1 Å². The number of nitrogens with one attached hydrogen (secondary N) is 2. The van der Waals surface area contributed by atoms with Gasteiger partial charge in [-0.3, -0.25) is 9.59 Å². The lowest BCUT2D eigenvalue weighted by Gasteiger charge is -2.08. The van der Waals surface area contributed by atoms with Gasteiger partial charge in [-0.25, -0.2) is 4.39 Å². The summed E-state index contributed by atoms with van der Waals surface area (Å²) in [5.41, 5.74) is 0.636. The van der Waals surface area contributed by atoms with Gasteiger partial charge in [0.25, 0.3) is 0 Å². The van der Waals surface area contributed by atoms with E-state index >= 15 is 0 Å². The Morgan fingerprint density at radius 3 is 2.14 bits per heavy atom. The average Bonchev–Trinajstić information content (AvgIpc) is 2.50. The number of carbonyl (C=O) groups is 2. The highest BCUT2D eigenvalue weighted by molar-refractivity contribution is 6.08. The van der Waals surface area contributed by atoms with E-state index in [0.717, 1.165) is 0 Å². The highest BCUT2D eigenvalue weighted by Gasteiger charge is 2.13. The number of hydrogen-bond acceptors (Lipinski definition) is 3. The molecule has 0 fully saturated rings. The van der Waals surface area contributed by atoms with Gasteiger partial charge in [-0.2, -0.15) is 5.26 Å². The standard InChI is InChI=1S/C16H12FN3O2/c17-12-6-2-4-8-14(12)20-16(22)9-15(21)19-13-7-3-1-5-11(13)10-18/h1-8H,9H2,(H,19,21)(H,20,22). The van der Waals surface area contributed by atoms with Gasteiger partial charge in [0.15, 0.2) is 0 Å². The molecule has 0 bridgehead atoms. The van der Waals surface area contributed by atoms with Gasteiger partial charge in [0.2, 0.25) is 11.8 Å². The summed E-state index contributed by atoms with van der Waals surface area (Å²) >= 11 is 0. The Bertz CT molecular complexity index is 753. The van der Waals surface area contributed by atoms with E-state index in [1.54, 1.807) is 30.3 Å². The second-order valence-electron chi connectivity index (χ2n) is 4.41. The number of halogens is 1. The summed E-state index contributed by atoms with van der Waals surface area (Å²) in [5.74, 6) is -1.81. The summed E-state index contributed by atoms with van der Waals surface area (Å²) in [5, 5.41) is 13.7. The van der Waals surface area contributed by atoms with E-state index in [2.05, 4.69) is 10.6 Å². The number of benzene rings is 2. The number of rotatable bonds is 4. The van der Waals surface area contributed by atoms with Crippen molar-refractivity contribution in [1.29, 1.82) is 5.26 Å². The third-order valence-corrected chi connectivity index (χ3v) is 2.79. The van der Waals surface area contributed by atoms with E-state index in [1.807, 2.05) is 6.07 Å². The molecule has 2 N–H and O–H groups in total. The first kappa shape index (κ1) is 15.2. The number of para-hydroxylation sites is 2. The predicted molar refractivity (Wildman–Crippen MR) is 79.4 cm³/mol. The normalized spacial score (nSPS) is 9.64. The molecule has 110 valence electrons. The molecule has 5 nitrogen and oxygen atoms in total. The minimum Gasteiger partial charge on any atom is -0.324 e. The summed E-state index contributed by atoms with van der Waals surface area (Å²) in [6, 6.07) is 14.1. The molecule has 0 saturated carbocycles. The molecular weight excluding hydrogens is 285 g/mol. The maximum Gasteiger partial charge on any atom is 0.233 e. The first-order valence-electron chi connectivity index (χ1n) is 6.43. The lowest BCUT2D eigenvalue weighted by atomic mass is 10.2. The van der Waals surface area contributed by atoms with Crippen molar-refractivity contribution in [3.05, 3.63) is 59.9 Å². The summed E-state index contributed by atoms with van der Waals surface area (Å²) in [4.78, 5) is 23.5. The van der Waals surface area contributed by atoms with Crippen molar-refractivity contribution >= 4 is 23.2 Å². The summed E-state index contributed by atoms with van der Waals surface area (Å²) in [6.45, 7) is 0. The summed E-state index contributed by atoms with van der Waals surface area (Å²) in [7, 11) is 0. The monoisotopic (exact) mass is 297 g/mol. The van der Waals surface area contributed by atoms with Crippen molar-refractivity contribution in [3.8, 4) is 6.07 Å². The molecule has 0 aliphatic rings. The predicted octanol–water partition coefficient (Wildman–Crippen LogP) is 2.66. The van der Waals surface area contributed by atoms with Crippen LogP contribution >= 0.6 is 0 Å². The molecule has 0 aliphatic heterocycles. The Kier molecular flexibility index (Phi) is 4.83. The van der Waals surface area contributed by atoms with Crippen molar-refractivity contribution < 1.29 is 14.0 Å². The van der Waals surface area contributed by atoms with Crippen LogP contribution in [0.2, 0.25) is 0 Å². The van der Waals surface area contributed by atoms with Crippen LogP contribution < -0.4 is 10.6 Å². The number of nitrogens with zero attached hydrogens (tertiary/aromatic N) is 1. The molecule has 0 saturated heterocycles. The Labute approximate surface area is 126 Å². The third kappa shape index (κ3) is 3.90. The first-order chi connectivity index (χ1) is 10.6. The fourth-order valence-electron chi connectivity index (χ4n) is 1.79. The molecule has 2 rings (SSSR count). The van der Waals surface area contributed by atoms with Gasteiger partial charge in [0, 0.05) is 0 Å². The van der Waals surface area contributed by atoms with Gasteiger partial charge in [-0.1, -0.05) is 24.3 Å². The number of nitriles is 1. The van der Waals surface area contributed by atoms with Crippen molar-refractivity contribution in [2.75, 3.05) is 10.6 Å². The van der Waals surface area contributed by atoms with E-state index in [4.69, 9.17) is 5.26 Å². The number of carbonyl (C=O) groups excluding carboxylic acids is 2. The van der Waals surface area contributed by atoms with Crippen LogP contribution in [0.3, 0.4) is 0 Å². The molecule has 22 heavy (non-hydrogen) atoms.